The normalized spacial score (nSPS) is 12.5. The molecule has 0 aliphatic heterocycles. The highest BCUT2D eigenvalue weighted by Crippen LogP contribution is 2.30. The number of benzene rings is 1. The van der Waals surface area contributed by atoms with Crippen molar-refractivity contribution >= 4 is 10.1 Å². The number of hydrogen-bond donors (Lipinski definition) is 2. The van der Waals surface area contributed by atoms with Crippen LogP contribution in [0.2, 0.25) is 0 Å². The highest BCUT2D eigenvalue weighted by molar-refractivity contribution is 7.86. The molecule has 1 aromatic rings. The van der Waals surface area contributed by atoms with E-state index >= 15 is 0 Å². The molecule has 0 fully saturated rings. The first kappa shape index (κ1) is 12.6. The van der Waals surface area contributed by atoms with Gasteiger partial charge in [0.1, 0.15) is 16.4 Å². The van der Waals surface area contributed by atoms with Crippen LogP contribution in [0.15, 0.2) is 23.1 Å². The quantitative estimate of drug-likeness (QED) is 0.786. The van der Waals surface area contributed by atoms with Crippen molar-refractivity contribution in [1.29, 1.82) is 0 Å². The van der Waals surface area contributed by atoms with Gasteiger partial charge in [0.2, 0.25) is 0 Å². The van der Waals surface area contributed by atoms with Gasteiger partial charge in [0.15, 0.2) is 0 Å². The molecule has 0 amide bonds. The second-order valence-electron chi connectivity index (χ2n) is 2.65. The molecule has 0 radical (unpaired) electrons. The molecule has 1 aromatic carbocycles. The third kappa shape index (κ3) is 3.28. The Balaban J connectivity index is 3.19. The predicted octanol–water partition coefficient (Wildman–Crippen LogP) is 1.54. The van der Waals surface area contributed by atoms with E-state index in [2.05, 4.69) is 4.74 Å². The summed E-state index contributed by atoms with van der Waals surface area (Å²) in [7, 11) is -4.81. The van der Waals surface area contributed by atoms with E-state index in [1.165, 1.54) is 0 Å². The molecule has 9 heteroatoms. The SMILES string of the molecule is O=S(=O)(O)c1cc(OC(F)(F)F)ccc1O. The van der Waals surface area contributed by atoms with Crippen molar-refractivity contribution in [3.8, 4) is 11.5 Å². The molecular formula is C7H5F3O5S. The van der Waals surface area contributed by atoms with Crippen LogP contribution < -0.4 is 4.74 Å². The minimum atomic E-state index is -4.99. The number of rotatable bonds is 2. The Labute approximate surface area is 87.8 Å². The topological polar surface area (TPSA) is 83.8 Å². The molecule has 16 heavy (non-hydrogen) atoms. The Kier molecular flexibility index (Phi) is 3.01. The third-order valence-electron chi connectivity index (χ3n) is 1.44. The standard InChI is InChI=1S/C7H5F3O5S/c8-7(9,10)15-4-1-2-5(11)6(3-4)16(12,13)14/h1-3,11H,(H,12,13,14). The molecule has 0 atom stereocenters. The summed E-state index contributed by atoms with van der Waals surface area (Å²) in [6.07, 6.45) is -4.99. The van der Waals surface area contributed by atoms with Crippen LogP contribution in [0, 0.1) is 0 Å². The van der Waals surface area contributed by atoms with Gasteiger partial charge in [-0.15, -0.1) is 13.2 Å². The lowest BCUT2D eigenvalue weighted by molar-refractivity contribution is -0.274. The van der Waals surface area contributed by atoms with Crippen molar-refractivity contribution in [1.82, 2.24) is 0 Å². The molecule has 0 saturated carbocycles. The van der Waals surface area contributed by atoms with Crippen LogP contribution in [0.5, 0.6) is 11.5 Å². The lowest BCUT2D eigenvalue weighted by Gasteiger charge is -2.09. The van der Waals surface area contributed by atoms with Crippen LogP contribution in [0.4, 0.5) is 13.2 Å². The molecular weight excluding hydrogens is 253 g/mol. The van der Waals surface area contributed by atoms with E-state index in [1.54, 1.807) is 0 Å². The number of alkyl halides is 3. The zero-order valence-corrected chi connectivity index (χ0v) is 8.21. The maximum Gasteiger partial charge on any atom is 0.573 e. The number of hydrogen-bond acceptors (Lipinski definition) is 4. The van der Waals surface area contributed by atoms with Gasteiger partial charge in [-0.25, -0.2) is 0 Å². The average molecular weight is 258 g/mol. The first-order valence-corrected chi connectivity index (χ1v) is 5.10. The lowest BCUT2D eigenvalue weighted by atomic mass is 10.3. The van der Waals surface area contributed by atoms with Crippen molar-refractivity contribution in [2.45, 2.75) is 11.3 Å². The van der Waals surface area contributed by atoms with Crippen molar-refractivity contribution in [2.75, 3.05) is 0 Å². The van der Waals surface area contributed by atoms with E-state index in [1.807, 2.05) is 0 Å². The second-order valence-corrected chi connectivity index (χ2v) is 4.04. The molecule has 0 bridgehead atoms. The van der Waals surface area contributed by atoms with Gasteiger partial charge < -0.3 is 9.84 Å². The van der Waals surface area contributed by atoms with Crippen LogP contribution in [0.3, 0.4) is 0 Å². The molecule has 0 saturated heterocycles. The van der Waals surface area contributed by atoms with Crippen LogP contribution >= 0.6 is 0 Å². The first-order valence-electron chi connectivity index (χ1n) is 3.66. The summed E-state index contributed by atoms with van der Waals surface area (Å²) in [5, 5.41) is 8.99. The third-order valence-corrected chi connectivity index (χ3v) is 2.33. The van der Waals surface area contributed by atoms with Crippen molar-refractivity contribution in [2.24, 2.45) is 0 Å². The minimum Gasteiger partial charge on any atom is -0.506 e. The summed E-state index contributed by atoms with van der Waals surface area (Å²) in [5.41, 5.74) is 0. The van der Waals surface area contributed by atoms with E-state index in [0.29, 0.717) is 18.2 Å². The molecule has 1 rings (SSSR count). The Bertz CT molecular complexity index is 493. The highest BCUT2D eigenvalue weighted by Gasteiger charge is 2.31. The smallest absolute Gasteiger partial charge is 0.506 e. The second kappa shape index (κ2) is 3.83. The number of phenols is 1. The molecule has 0 aromatic heterocycles. The van der Waals surface area contributed by atoms with Gasteiger partial charge in [0, 0.05) is 6.07 Å². The molecule has 5 nitrogen and oxygen atoms in total. The van der Waals surface area contributed by atoms with Gasteiger partial charge in [-0.3, -0.25) is 4.55 Å². The summed E-state index contributed by atoms with van der Waals surface area (Å²) in [6.45, 7) is 0. The molecule has 0 unspecified atom stereocenters. The van der Waals surface area contributed by atoms with Gasteiger partial charge in [0.25, 0.3) is 10.1 Å². The van der Waals surface area contributed by atoms with Gasteiger partial charge in [0.05, 0.1) is 0 Å². The largest absolute Gasteiger partial charge is 0.573 e. The van der Waals surface area contributed by atoms with Crippen molar-refractivity contribution < 1.29 is 36.0 Å². The van der Waals surface area contributed by atoms with E-state index in [9.17, 15) is 21.6 Å². The van der Waals surface area contributed by atoms with Gasteiger partial charge in [-0.05, 0) is 12.1 Å². The number of halogens is 3. The fourth-order valence-corrected chi connectivity index (χ4v) is 1.50. The maximum atomic E-state index is 11.8. The zero-order valence-electron chi connectivity index (χ0n) is 7.39. The van der Waals surface area contributed by atoms with Crippen LogP contribution in [0.25, 0.3) is 0 Å². The Hall–Kier alpha value is -1.48. The fraction of sp³-hybridized carbons (Fsp3) is 0.143. The Morgan fingerprint density at radius 3 is 2.25 bits per heavy atom. The van der Waals surface area contributed by atoms with Crippen LogP contribution in [-0.2, 0) is 10.1 Å². The predicted molar refractivity (Wildman–Crippen MR) is 44.6 cm³/mol. The molecule has 0 spiro atoms. The molecule has 0 aliphatic carbocycles. The highest BCUT2D eigenvalue weighted by atomic mass is 32.2. The number of phenolic OH excluding ortho intramolecular Hbond substituents is 1. The minimum absolute atomic E-state index is 0.359. The van der Waals surface area contributed by atoms with E-state index < -0.39 is 32.9 Å². The number of ether oxygens (including phenoxy) is 1. The molecule has 0 aliphatic rings. The van der Waals surface area contributed by atoms with E-state index in [-0.39, 0.29) is 0 Å². The summed E-state index contributed by atoms with van der Waals surface area (Å²) >= 11 is 0. The first-order chi connectivity index (χ1) is 7.09. The monoisotopic (exact) mass is 258 g/mol. The Morgan fingerprint density at radius 1 is 1.25 bits per heavy atom. The fourth-order valence-electron chi connectivity index (χ4n) is 0.898. The molecule has 2 N–H and O–H groups in total. The van der Waals surface area contributed by atoms with Gasteiger partial charge >= 0.3 is 6.36 Å². The molecule has 90 valence electrons. The molecule has 0 heterocycles. The maximum absolute atomic E-state index is 11.8. The van der Waals surface area contributed by atoms with Crippen LogP contribution in [-0.4, -0.2) is 24.4 Å². The summed E-state index contributed by atoms with van der Waals surface area (Å²) in [6, 6.07) is 1.72. The summed E-state index contributed by atoms with van der Waals surface area (Å²) in [4.78, 5) is -1.06. The van der Waals surface area contributed by atoms with Crippen molar-refractivity contribution in [3.05, 3.63) is 18.2 Å². The summed E-state index contributed by atoms with van der Waals surface area (Å²) in [5.74, 6) is -1.74. The van der Waals surface area contributed by atoms with Gasteiger partial charge in [-0.2, -0.15) is 8.42 Å². The zero-order chi connectivity index (χ0) is 12.6. The van der Waals surface area contributed by atoms with E-state index in [4.69, 9.17) is 9.66 Å². The van der Waals surface area contributed by atoms with Gasteiger partial charge in [-0.1, -0.05) is 0 Å². The summed E-state index contributed by atoms with van der Waals surface area (Å²) < 4.78 is 68.6. The van der Waals surface area contributed by atoms with E-state index in [0.717, 1.165) is 0 Å². The van der Waals surface area contributed by atoms with Crippen LogP contribution in [0.1, 0.15) is 0 Å². The number of aromatic hydroxyl groups is 1. The Morgan fingerprint density at radius 2 is 1.81 bits per heavy atom. The van der Waals surface area contributed by atoms with Crippen molar-refractivity contribution in [3.63, 3.8) is 0 Å². The lowest BCUT2D eigenvalue weighted by Crippen LogP contribution is -2.17. The average Bonchev–Trinajstić information content (AvgIpc) is 2.04.